The molecule has 0 aliphatic carbocycles. The number of likely N-dealkylation sites (N-methyl/N-ethyl adjacent to an activating group) is 1. The fourth-order valence-electron chi connectivity index (χ4n) is 3.39. The lowest BCUT2D eigenvalue weighted by Gasteiger charge is -2.17. The van der Waals surface area contributed by atoms with Crippen LogP contribution in [0.5, 0.6) is 0 Å². The Labute approximate surface area is 129 Å². The van der Waals surface area contributed by atoms with Crippen molar-refractivity contribution in [3.8, 4) is 11.3 Å². The van der Waals surface area contributed by atoms with Crippen LogP contribution in [0.1, 0.15) is 11.1 Å². The van der Waals surface area contributed by atoms with Gasteiger partial charge in [-0.1, -0.05) is 18.2 Å². The number of rotatable bonds is 0. The van der Waals surface area contributed by atoms with Crippen molar-refractivity contribution >= 4 is 22.6 Å². The molecule has 1 aliphatic rings. The van der Waals surface area contributed by atoms with Gasteiger partial charge in [0.25, 0.3) is 0 Å². The van der Waals surface area contributed by atoms with Crippen LogP contribution in [-0.2, 0) is 18.3 Å². The molecular formula is C18H17N3O. The second-order valence-electron chi connectivity index (χ2n) is 5.92. The topological polar surface area (TPSA) is 38.1 Å². The monoisotopic (exact) mass is 291 g/mol. The van der Waals surface area contributed by atoms with Gasteiger partial charge >= 0.3 is 0 Å². The van der Waals surface area contributed by atoms with Crippen molar-refractivity contribution in [1.29, 1.82) is 0 Å². The minimum Gasteiger partial charge on any atom is -0.343 e. The maximum Gasteiger partial charge on any atom is 0.232 e. The molecule has 2 aromatic heterocycles. The third-order valence-electron chi connectivity index (χ3n) is 4.49. The van der Waals surface area contributed by atoms with Gasteiger partial charge in [-0.3, -0.25) is 9.69 Å². The number of benzene rings is 1. The van der Waals surface area contributed by atoms with Gasteiger partial charge in [-0.2, -0.15) is 0 Å². The number of pyridine rings is 1. The molecule has 110 valence electrons. The lowest BCUT2D eigenvalue weighted by atomic mass is 10.0. The molecule has 1 amide bonds. The summed E-state index contributed by atoms with van der Waals surface area (Å²) in [7, 11) is 3.86. The smallest absolute Gasteiger partial charge is 0.232 e. The van der Waals surface area contributed by atoms with E-state index in [0.717, 1.165) is 39.1 Å². The van der Waals surface area contributed by atoms with Crippen molar-refractivity contribution in [2.45, 2.75) is 13.3 Å². The minimum absolute atomic E-state index is 0.0766. The number of anilines is 1. The number of amides is 1. The molecule has 4 nitrogen and oxygen atoms in total. The van der Waals surface area contributed by atoms with Crippen molar-refractivity contribution in [2.24, 2.45) is 7.05 Å². The third kappa shape index (κ3) is 1.64. The molecule has 1 aromatic carbocycles. The summed E-state index contributed by atoms with van der Waals surface area (Å²) in [4.78, 5) is 18.7. The van der Waals surface area contributed by atoms with Gasteiger partial charge in [0.05, 0.1) is 12.1 Å². The normalized spacial score (nSPS) is 14.0. The highest BCUT2D eigenvalue weighted by molar-refractivity contribution is 6.05. The van der Waals surface area contributed by atoms with E-state index in [0.29, 0.717) is 6.42 Å². The summed E-state index contributed by atoms with van der Waals surface area (Å²) < 4.78 is 2.18. The van der Waals surface area contributed by atoms with Gasteiger partial charge in [0, 0.05) is 36.8 Å². The quantitative estimate of drug-likeness (QED) is 0.638. The first-order valence-corrected chi connectivity index (χ1v) is 7.38. The van der Waals surface area contributed by atoms with E-state index in [-0.39, 0.29) is 5.91 Å². The van der Waals surface area contributed by atoms with Gasteiger partial charge in [0.1, 0.15) is 5.82 Å². The van der Waals surface area contributed by atoms with Crippen LogP contribution in [0.4, 0.5) is 5.82 Å². The van der Waals surface area contributed by atoms with Crippen LogP contribution in [0.15, 0.2) is 36.5 Å². The highest BCUT2D eigenvalue weighted by Gasteiger charge is 2.28. The van der Waals surface area contributed by atoms with Gasteiger partial charge in [-0.15, -0.1) is 0 Å². The summed E-state index contributed by atoms with van der Waals surface area (Å²) >= 11 is 0. The van der Waals surface area contributed by atoms with Gasteiger partial charge < -0.3 is 4.57 Å². The van der Waals surface area contributed by atoms with Gasteiger partial charge in [0.2, 0.25) is 5.91 Å². The van der Waals surface area contributed by atoms with E-state index in [2.05, 4.69) is 34.8 Å². The van der Waals surface area contributed by atoms with E-state index >= 15 is 0 Å². The Balaban J connectivity index is 2.17. The number of carbonyl (C=O) groups excluding carboxylic acids is 1. The zero-order valence-electron chi connectivity index (χ0n) is 12.9. The molecule has 3 aromatic rings. The summed E-state index contributed by atoms with van der Waals surface area (Å²) in [5, 5.41) is 1.15. The predicted molar refractivity (Wildman–Crippen MR) is 88.0 cm³/mol. The Morgan fingerprint density at radius 2 is 1.95 bits per heavy atom. The maximum atomic E-state index is 12.6. The van der Waals surface area contributed by atoms with E-state index < -0.39 is 0 Å². The molecule has 0 atom stereocenters. The average Bonchev–Trinajstić information content (AvgIpc) is 2.73. The first-order valence-electron chi connectivity index (χ1n) is 7.38. The second kappa shape index (κ2) is 4.44. The lowest BCUT2D eigenvalue weighted by molar-refractivity contribution is -0.117. The first-order chi connectivity index (χ1) is 10.6. The van der Waals surface area contributed by atoms with E-state index in [4.69, 9.17) is 0 Å². The van der Waals surface area contributed by atoms with Crippen molar-refractivity contribution in [1.82, 2.24) is 9.55 Å². The van der Waals surface area contributed by atoms with E-state index in [1.54, 1.807) is 11.9 Å². The van der Waals surface area contributed by atoms with Crippen molar-refractivity contribution in [3.63, 3.8) is 0 Å². The van der Waals surface area contributed by atoms with Crippen molar-refractivity contribution in [2.75, 3.05) is 11.9 Å². The van der Waals surface area contributed by atoms with Crippen LogP contribution >= 0.6 is 0 Å². The largest absolute Gasteiger partial charge is 0.343 e. The molecule has 0 bridgehead atoms. The van der Waals surface area contributed by atoms with Crippen LogP contribution in [0.3, 0.4) is 0 Å². The molecule has 0 N–H and O–H groups in total. The van der Waals surface area contributed by atoms with E-state index in [9.17, 15) is 4.79 Å². The zero-order chi connectivity index (χ0) is 15.4. The standard InChI is InChI=1S/C18H17N3O/c1-11-8-14-17-13(9-16(22)21(3)18(14)19-10-11)12-6-4-5-7-15(12)20(17)2/h4-8,10H,9H2,1-3H3. The number of fused-ring (bicyclic) bond motifs is 5. The number of para-hydroxylation sites is 1. The molecule has 0 saturated carbocycles. The molecule has 4 rings (SSSR count). The third-order valence-corrected chi connectivity index (χ3v) is 4.49. The number of hydrogen-bond donors (Lipinski definition) is 0. The fraction of sp³-hybridized carbons (Fsp3) is 0.222. The molecule has 0 spiro atoms. The minimum atomic E-state index is 0.0766. The van der Waals surface area contributed by atoms with E-state index in [1.807, 2.05) is 25.3 Å². The molecule has 0 radical (unpaired) electrons. The fourth-order valence-corrected chi connectivity index (χ4v) is 3.39. The van der Waals surface area contributed by atoms with Gasteiger partial charge in [-0.25, -0.2) is 4.98 Å². The molecule has 0 saturated heterocycles. The predicted octanol–water partition coefficient (Wildman–Crippen LogP) is 3.07. The molecule has 22 heavy (non-hydrogen) atoms. The number of nitrogens with zero attached hydrogens (tertiary/aromatic N) is 3. The maximum absolute atomic E-state index is 12.6. The Kier molecular flexibility index (Phi) is 2.64. The molecular weight excluding hydrogens is 274 g/mol. The summed E-state index contributed by atoms with van der Waals surface area (Å²) in [6.45, 7) is 2.03. The van der Waals surface area contributed by atoms with Crippen LogP contribution in [-0.4, -0.2) is 22.5 Å². The van der Waals surface area contributed by atoms with E-state index in [1.165, 1.54) is 0 Å². The van der Waals surface area contributed by atoms with Crippen LogP contribution in [0, 0.1) is 6.92 Å². The van der Waals surface area contributed by atoms with Crippen molar-refractivity contribution in [3.05, 3.63) is 47.7 Å². The first kappa shape index (κ1) is 13.1. The number of hydrogen-bond acceptors (Lipinski definition) is 2. The second-order valence-corrected chi connectivity index (χ2v) is 5.92. The van der Waals surface area contributed by atoms with Gasteiger partial charge in [0.15, 0.2) is 0 Å². The molecule has 0 fully saturated rings. The van der Waals surface area contributed by atoms with Crippen LogP contribution in [0.25, 0.3) is 22.2 Å². The summed E-state index contributed by atoms with van der Waals surface area (Å²) in [6, 6.07) is 10.4. The summed E-state index contributed by atoms with van der Waals surface area (Å²) in [5.74, 6) is 0.813. The van der Waals surface area contributed by atoms with Crippen LogP contribution < -0.4 is 4.90 Å². The summed E-state index contributed by atoms with van der Waals surface area (Å²) in [5.41, 5.74) is 5.48. The Hall–Kier alpha value is -2.62. The number of aromatic nitrogens is 2. The summed E-state index contributed by atoms with van der Waals surface area (Å²) in [6.07, 6.45) is 2.22. The molecule has 0 unspecified atom stereocenters. The zero-order valence-corrected chi connectivity index (χ0v) is 12.9. The number of aryl methyl sites for hydroxylation is 2. The average molecular weight is 291 g/mol. The molecule has 1 aliphatic heterocycles. The number of carbonyl (C=O) groups is 1. The van der Waals surface area contributed by atoms with Crippen LogP contribution in [0.2, 0.25) is 0 Å². The Morgan fingerprint density at radius 1 is 1.18 bits per heavy atom. The van der Waals surface area contributed by atoms with Crippen molar-refractivity contribution < 1.29 is 4.79 Å². The molecule has 4 heteroatoms. The Bertz CT molecular complexity index is 923. The molecule has 3 heterocycles. The van der Waals surface area contributed by atoms with Gasteiger partial charge in [-0.05, 0) is 30.2 Å². The highest BCUT2D eigenvalue weighted by atomic mass is 16.2. The Morgan fingerprint density at radius 3 is 2.77 bits per heavy atom. The lowest BCUT2D eigenvalue weighted by Crippen LogP contribution is -2.27. The SMILES string of the molecule is Cc1cnc2c(c1)-c1c(c3ccccc3n1C)CC(=O)N2C. The highest BCUT2D eigenvalue weighted by Crippen LogP contribution is 2.40.